The van der Waals surface area contributed by atoms with Crippen LogP contribution in [0.15, 0.2) is 24.3 Å². The van der Waals surface area contributed by atoms with Crippen LogP contribution < -0.4 is 10.1 Å². The first-order chi connectivity index (χ1) is 10.6. The summed E-state index contributed by atoms with van der Waals surface area (Å²) in [6.45, 7) is 1.92. The molecule has 0 spiro atoms. The van der Waals surface area contributed by atoms with E-state index in [2.05, 4.69) is 5.32 Å². The summed E-state index contributed by atoms with van der Waals surface area (Å²) >= 11 is 0. The first-order valence-electron chi connectivity index (χ1n) is 7.31. The number of benzene rings is 1. The van der Waals surface area contributed by atoms with Crippen LogP contribution in [0.2, 0.25) is 0 Å². The molecular formula is C16H22N2O4. The van der Waals surface area contributed by atoms with Gasteiger partial charge in [0.15, 0.2) is 0 Å². The van der Waals surface area contributed by atoms with Gasteiger partial charge in [0.2, 0.25) is 11.8 Å². The Kier molecular flexibility index (Phi) is 5.77. The number of carbonyl (C=O) groups excluding carboxylic acids is 2. The molecule has 0 unspecified atom stereocenters. The Balaban J connectivity index is 1.83. The summed E-state index contributed by atoms with van der Waals surface area (Å²) in [5.74, 6) is 0.401. The minimum absolute atomic E-state index is 0.0126. The largest absolute Gasteiger partial charge is 0.497 e. The molecule has 1 aliphatic rings. The predicted molar refractivity (Wildman–Crippen MR) is 81.4 cm³/mol. The number of nitrogens with zero attached hydrogens (tertiary/aromatic N) is 1. The van der Waals surface area contributed by atoms with Crippen molar-refractivity contribution in [2.24, 2.45) is 5.92 Å². The van der Waals surface area contributed by atoms with Crippen LogP contribution in [0.1, 0.15) is 12.0 Å². The van der Waals surface area contributed by atoms with Gasteiger partial charge in [0.25, 0.3) is 0 Å². The highest BCUT2D eigenvalue weighted by molar-refractivity contribution is 5.89. The van der Waals surface area contributed by atoms with Gasteiger partial charge in [0.05, 0.1) is 19.6 Å². The monoisotopic (exact) mass is 306 g/mol. The van der Waals surface area contributed by atoms with Crippen molar-refractivity contribution < 1.29 is 19.1 Å². The highest BCUT2D eigenvalue weighted by atomic mass is 16.5. The number of likely N-dealkylation sites (tertiary alicyclic amines) is 1. The number of carbonyl (C=O) groups is 2. The lowest BCUT2D eigenvalue weighted by molar-refractivity contribution is -0.129. The summed E-state index contributed by atoms with van der Waals surface area (Å²) in [5, 5.41) is 2.88. The predicted octanol–water partition coefficient (Wildman–Crippen LogP) is 0.806. The van der Waals surface area contributed by atoms with Crippen LogP contribution in [0.5, 0.6) is 5.75 Å². The Bertz CT molecular complexity index is 533. The van der Waals surface area contributed by atoms with Crippen molar-refractivity contribution in [1.82, 2.24) is 10.2 Å². The fraction of sp³-hybridized carbons (Fsp3) is 0.500. The Labute approximate surface area is 130 Å². The lowest BCUT2D eigenvalue weighted by atomic mass is 10.1. The second-order valence-corrected chi connectivity index (χ2v) is 5.30. The summed E-state index contributed by atoms with van der Waals surface area (Å²) in [4.78, 5) is 25.7. The Morgan fingerprint density at radius 3 is 2.95 bits per heavy atom. The number of rotatable bonds is 7. The quantitative estimate of drug-likeness (QED) is 0.809. The van der Waals surface area contributed by atoms with Crippen LogP contribution in [-0.4, -0.2) is 50.6 Å². The molecule has 22 heavy (non-hydrogen) atoms. The molecule has 1 aromatic carbocycles. The molecule has 6 nitrogen and oxygen atoms in total. The van der Waals surface area contributed by atoms with Crippen molar-refractivity contribution in [2.45, 2.75) is 13.0 Å². The topological polar surface area (TPSA) is 67.9 Å². The third-order valence-corrected chi connectivity index (χ3v) is 3.75. The van der Waals surface area contributed by atoms with Crippen molar-refractivity contribution in [3.63, 3.8) is 0 Å². The van der Waals surface area contributed by atoms with Crippen LogP contribution in [0, 0.1) is 5.92 Å². The molecule has 0 radical (unpaired) electrons. The van der Waals surface area contributed by atoms with E-state index in [0.717, 1.165) is 11.3 Å². The van der Waals surface area contributed by atoms with Gasteiger partial charge in [-0.2, -0.15) is 0 Å². The fourth-order valence-corrected chi connectivity index (χ4v) is 2.48. The lowest BCUT2D eigenvalue weighted by Crippen LogP contribution is -2.33. The molecule has 1 aliphatic heterocycles. The van der Waals surface area contributed by atoms with E-state index < -0.39 is 0 Å². The first kappa shape index (κ1) is 16.3. The van der Waals surface area contributed by atoms with Crippen molar-refractivity contribution in [3.05, 3.63) is 29.8 Å². The number of hydrogen-bond acceptors (Lipinski definition) is 4. The molecule has 0 bridgehead atoms. The van der Waals surface area contributed by atoms with E-state index in [0.29, 0.717) is 26.2 Å². The van der Waals surface area contributed by atoms with E-state index in [9.17, 15) is 9.59 Å². The molecule has 1 saturated heterocycles. The third kappa shape index (κ3) is 4.21. The van der Waals surface area contributed by atoms with Crippen molar-refractivity contribution in [1.29, 1.82) is 0 Å². The number of methoxy groups -OCH3 is 2. The SMILES string of the molecule is COCCN1C[C@@H](C(=O)NCc2cccc(OC)c2)CC1=O. The molecule has 1 aromatic rings. The zero-order valence-corrected chi connectivity index (χ0v) is 13.0. The molecule has 1 heterocycles. The van der Waals surface area contributed by atoms with Crippen LogP contribution in [0.25, 0.3) is 0 Å². The maximum absolute atomic E-state index is 12.2. The zero-order valence-electron chi connectivity index (χ0n) is 13.0. The summed E-state index contributed by atoms with van der Waals surface area (Å²) in [5.41, 5.74) is 0.966. The molecule has 2 amide bonds. The smallest absolute Gasteiger partial charge is 0.225 e. The average Bonchev–Trinajstić information content (AvgIpc) is 2.92. The number of hydrogen-bond donors (Lipinski definition) is 1. The van der Waals surface area contributed by atoms with Gasteiger partial charge in [-0.05, 0) is 17.7 Å². The molecule has 1 fully saturated rings. The summed E-state index contributed by atoms with van der Waals surface area (Å²) in [6, 6.07) is 7.54. The van der Waals surface area contributed by atoms with Crippen LogP contribution in [0.3, 0.4) is 0 Å². The van der Waals surface area contributed by atoms with E-state index in [1.165, 1.54) is 0 Å². The van der Waals surface area contributed by atoms with Crippen molar-refractivity contribution >= 4 is 11.8 Å². The minimum atomic E-state index is -0.282. The molecule has 1 N–H and O–H groups in total. The standard InChI is InChI=1S/C16H22N2O4/c1-21-7-6-18-11-13(9-15(18)19)16(20)17-10-12-4-3-5-14(8-12)22-2/h3-5,8,13H,6-7,9-11H2,1-2H3,(H,17,20)/t13-/m0/s1. The number of ether oxygens (including phenoxy) is 2. The normalized spacial score (nSPS) is 17.6. The maximum Gasteiger partial charge on any atom is 0.225 e. The van der Waals surface area contributed by atoms with E-state index in [4.69, 9.17) is 9.47 Å². The summed E-state index contributed by atoms with van der Waals surface area (Å²) in [7, 11) is 3.20. The van der Waals surface area contributed by atoms with Gasteiger partial charge >= 0.3 is 0 Å². The molecular weight excluding hydrogens is 284 g/mol. The Hall–Kier alpha value is -2.08. The number of amides is 2. The second kappa shape index (κ2) is 7.79. The van der Waals surface area contributed by atoms with Crippen LogP contribution in [0.4, 0.5) is 0 Å². The van der Waals surface area contributed by atoms with E-state index in [1.807, 2.05) is 24.3 Å². The number of nitrogens with one attached hydrogen (secondary N) is 1. The van der Waals surface area contributed by atoms with Gasteiger partial charge < -0.3 is 19.7 Å². The van der Waals surface area contributed by atoms with Gasteiger partial charge in [-0.1, -0.05) is 12.1 Å². The summed E-state index contributed by atoms with van der Waals surface area (Å²) < 4.78 is 10.1. The maximum atomic E-state index is 12.2. The minimum Gasteiger partial charge on any atom is -0.497 e. The molecule has 0 aliphatic carbocycles. The van der Waals surface area contributed by atoms with Crippen molar-refractivity contribution in [2.75, 3.05) is 33.9 Å². The van der Waals surface area contributed by atoms with E-state index in [-0.39, 0.29) is 24.2 Å². The second-order valence-electron chi connectivity index (χ2n) is 5.30. The first-order valence-corrected chi connectivity index (χ1v) is 7.31. The molecule has 6 heteroatoms. The fourth-order valence-electron chi connectivity index (χ4n) is 2.48. The van der Waals surface area contributed by atoms with Gasteiger partial charge in [0, 0.05) is 33.2 Å². The molecule has 0 saturated carbocycles. The van der Waals surface area contributed by atoms with Crippen LogP contribution >= 0.6 is 0 Å². The van der Waals surface area contributed by atoms with Gasteiger partial charge in [-0.25, -0.2) is 0 Å². The zero-order chi connectivity index (χ0) is 15.9. The van der Waals surface area contributed by atoms with Crippen molar-refractivity contribution in [3.8, 4) is 5.75 Å². The lowest BCUT2D eigenvalue weighted by Gasteiger charge is -2.15. The van der Waals surface area contributed by atoms with Gasteiger partial charge in [-0.3, -0.25) is 9.59 Å². The Morgan fingerprint density at radius 1 is 1.41 bits per heavy atom. The highest BCUT2D eigenvalue weighted by Gasteiger charge is 2.33. The van der Waals surface area contributed by atoms with Crippen LogP contribution in [-0.2, 0) is 20.9 Å². The molecule has 0 aromatic heterocycles. The molecule has 120 valence electrons. The van der Waals surface area contributed by atoms with E-state index >= 15 is 0 Å². The highest BCUT2D eigenvalue weighted by Crippen LogP contribution is 2.18. The average molecular weight is 306 g/mol. The van der Waals surface area contributed by atoms with Gasteiger partial charge in [-0.15, -0.1) is 0 Å². The summed E-state index contributed by atoms with van der Waals surface area (Å²) in [6.07, 6.45) is 0.271. The Morgan fingerprint density at radius 2 is 2.23 bits per heavy atom. The molecule has 2 rings (SSSR count). The molecule has 1 atom stereocenters. The van der Waals surface area contributed by atoms with E-state index in [1.54, 1.807) is 19.1 Å². The van der Waals surface area contributed by atoms with Gasteiger partial charge in [0.1, 0.15) is 5.75 Å². The third-order valence-electron chi connectivity index (χ3n) is 3.75.